The second kappa shape index (κ2) is 7.88. The summed E-state index contributed by atoms with van der Waals surface area (Å²) in [4.78, 5) is 32.2. The van der Waals surface area contributed by atoms with Crippen molar-refractivity contribution < 1.29 is 9.53 Å². The van der Waals surface area contributed by atoms with Gasteiger partial charge in [-0.25, -0.2) is 0 Å². The summed E-state index contributed by atoms with van der Waals surface area (Å²) in [5, 5.41) is 7.51. The molecule has 156 valence electrons. The van der Waals surface area contributed by atoms with E-state index in [0.717, 1.165) is 18.4 Å². The fourth-order valence-corrected chi connectivity index (χ4v) is 3.41. The van der Waals surface area contributed by atoms with Gasteiger partial charge in [-0.15, -0.1) is 5.10 Å². The fraction of sp³-hybridized carbons (Fsp3) is 0.182. The number of aromatic amines is 1. The molecule has 5 rings (SSSR count). The summed E-state index contributed by atoms with van der Waals surface area (Å²) in [6.45, 7) is 0.0614. The van der Waals surface area contributed by atoms with Crippen LogP contribution in [0, 0.1) is 5.92 Å². The van der Waals surface area contributed by atoms with Crippen molar-refractivity contribution in [3.63, 3.8) is 0 Å². The van der Waals surface area contributed by atoms with E-state index >= 15 is 0 Å². The van der Waals surface area contributed by atoms with Gasteiger partial charge >= 0.3 is 0 Å². The van der Waals surface area contributed by atoms with Gasteiger partial charge in [0.25, 0.3) is 5.56 Å². The van der Waals surface area contributed by atoms with Crippen LogP contribution >= 0.6 is 11.6 Å². The van der Waals surface area contributed by atoms with Gasteiger partial charge in [0.15, 0.2) is 5.82 Å². The zero-order chi connectivity index (χ0) is 21.4. The minimum atomic E-state index is -0.324. The van der Waals surface area contributed by atoms with E-state index in [9.17, 15) is 9.59 Å². The highest BCUT2D eigenvalue weighted by Crippen LogP contribution is 2.36. The molecule has 2 aromatic carbocycles. The summed E-state index contributed by atoms with van der Waals surface area (Å²) in [6.07, 6.45) is 1.77. The highest BCUT2D eigenvalue weighted by Gasteiger charge is 2.30. The van der Waals surface area contributed by atoms with Gasteiger partial charge in [0.05, 0.1) is 10.7 Å². The van der Waals surface area contributed by atoms with E-state index in [1.54, 1.807) is 18.2 Å². The molecule has 1 fully saturated rings. The summed E-state index contributed by atoms with van der Waals surface area (Å²) in [5.41, 5.74) is 1.43. The first-order valence-corrected chi connectivity index (χ1v) is 10.2. The summed E-state index contributed by atoms with van der Waals surface area (Å²) < 4.78 is 7.09. The quantitative estimate of drug-likeness (QED) is 0.481. The molecule has 0 radical (unpaired) electrons. The molecule has 2 aromatic heterocycles. The molecule has 0 bridgehead atoms. The van der Waals surface area contributed by atoms with E-state index in [1.807, 2.05) is 30.3 Å². The minimum Gasteiger partial charge on any atom is -0.485 e. The largest absolute Gasteiger partial charge is 0.485 e. The zero-order valence-electron chi connectivity index (χ0n) is 16.3. The van der Waals surface area contributed by atoms with Gasteiger partial charge in [0, 0.05) is 17.5 Å². The van der Waals surface area contributed by atoms with Crippen LogP contribution in [0.4, 0.5) is 5.69 Å². The van der Waals surface area contributed by atoms with Crippen LogP contribution < -0.4 is 15.6 Å². The number of benzene rings is 2. The third-order valence-electron chi connectivity index (χ3n) is 4.97. The van der Waals surface area contributed by atoms with E-state index in [-0.39, 0.29) is 24.0 Å². The molecule has 0 atom stereocenters. The van der Waals surface area contributed by atoms with Gasteiger partial charge < -0.3 is 15.0 Å². The number of nitrogens with zero attached hydrogens (tertiary/aromatic N) is 3. The van der Waals surface area contributed by atoms with E-state index in [2.05, 4.69) is 20.4 Å². The number of fused-ring (bicyclic) bond motifs is 1. The average molecular weight is 436 g/mol. The molecule has 1 amide bonds. The Morgan fingerprint density at radius 3 is 2.77 bits per heavy atom. The van der Waals surface area contributed by atoms with E-state index < -0.39 is 0 Å². The molecule has 1 aliphatic rings. The number of carbonyl (C=O) groups is 1. The Balaban J connectivity index is 1.39. The molecule has 2 N–H and O–H groups in total. The number of H-pyrrole nitrogens is 1. The van der Waals surface area contributed by atoms with Gasteiger partial charge in [-0.05, 0) is 25.0 Å². The summed E-state index contributed by atoms with van der Waals surface area (Å²) in [5.74, 6) is 1.17. The molecule has 4 aromatic rings. The number of aromatic nitrogens is 4. The zero-order valence-corrected chi connectivity index (χ0v) is 17.1. The molecule has 1 aliphatic carbocycles. The molecular weight excluding hydrogens is 418 g/mol. The van der Waals surface area contributed by atoms with Crippen molar-refractivity contribution in [2.24, 2.45) is 5.92 Å². The van der Waals surface area contributed by atoms with Crippen LogP contribution in [0.1, 0.15) is 18.5 Å². The minimum absolute atomic E-state index is 0.0367. The van der Waals surface area contributed by atoms with Crippen LogP contribution in [-0.4, -0.2) is 25.5 Å². The first-order valence-electron chi connectivity index (χ1n) is 9.85. The molecule has 31 heavy (non-hydrogen) atoms. The number of halogens is 1. The molecule has 8 nitrogen and oxygen atoms in total. The normalized spacial score (nSPS) is 13.3. The van der Waals surface area contributed by atoms with Crippen LogP contribution in [0.2, 0.25) is 5.02 Å². The Hall–Kier alpha value is -3.65. The average Bonchev–Trinajstić information content (AvgIpc) is 3.54. The van der Waals surface area contributed by atoms with Gasteiger partial charge in [-0.3, -0.25) is 9.59 Å². The highest BCUT2D eigenvalue weighted by molar-refractivity contribution is 6.34. The summed E-state index contributed by atoms with van der Waals surface area (Å²) >= 11 is 6.27. The lowest BCUT2D eigenvalue weighted by Crippen LogP contribution is -2.17. The smallest absolute Gasteiger partial charge is 0.276 e. The highest BCUT2D eigenvalue weighted by atomic mass is 35.5. The van der Waals surface area contributed by atoms with Gasteiger partial charge in [0.2, 0.25) is 11.7 Å². The Morgan fingerprint density at radius 1 is 1.19 bits per heavy atom. The van der Waals surface area contributed by atoms with Crippen molar-refractivity contribution in [1.82, 2.24) is 19.6 Å². The second-order valence-electron chi connectivity index (χ2n) is 7.33. The molecule has 0 saturated heterocycles. The summed E-state index contributed by atoms with van der Waals surface area (Å²) in [7, 11) is 0. The number of rotatable bonds is 6. The lowest BCUT2D eigenvalue weighted by atomic mass is 10.2. The van der Waals surface area contributed by atoms with Crippen molar-refractivity contribution in [3.8, 4) is 17.1 Å². The van der Waals surface area contributed by atoms with Crippen LogP contribution in [0.25, 0.3) is 17.2 Å². The van der Waals surface area contributed by atoms with Crippen LogP contribution in [0.3, 0.4) is 0 Å². The van der Waals surface area contributed by atoms with Crippen LogP contribution in [0.15, 0.2) is 59.4 Å². The SMILES string of the molecule is O=C(Nc1c(Cl)cccc1OCc1cc(=O)n2nc(-c3ccccc3)nc2[nH]1)C1CC1. The molecule has 2 heterocycles. The first-order chi connectivity index (χ1) is 15.1. The summed E-state index contributed by atoms with van der Waals surface area (Å²) in [6, 6.07) is 16.0. The monoisotopic (exact) mass is 435 g/mol. The van der Waals surface area contributed by atoms with E-state index in [0.29, 0.717) is 33.8 Å². The predicted molar refractivity (Wildman–Crippen MR) is 116 cm³/mol. The van der Waals surface area contributed by atoms with Gasteiger partial charge in [-0.1, -0.05) is 48.0 Å². The van der Waals surface area contributed by atoms with Crippen LogP contribution in [-0.2, 0) is 11.4 Å². The third-order valence-corrected chi connectivity index (χ3v) is 5.29. The van der Waals surface area contributed by atoms with Crippen molar-refractivity contribution in [2.75, 3.05) is 5.32 Å². The maximum absolute atomic E-state index is 12.5. The Labute approximate surface area is 181 Å². The fourth-order valence-electron chi connectivity index (χ4n) is 3.20. The Bertz CT molecular complexity index is 1330. The number of anilines is 1. The molecule has 9 heteroatoms. The maximum Gasteiger partial charge on any atom is 0.276 e. The predicted octanol–water partition coefficient (Wildman–Crippen LogP) is 3.67. The van der Waals surface area contributed by atoms with E-state index in [1.165, 1.54) is 10.6 Å². The Morgan fingerprint density at radius 2 is 2.00 bits per heavy atom. The molecule has 1 saturated carbocycles. The standard InChI is InChI=1S/C22H18ClN5O3/c23-16-7-4-8-17(19(16)25-21(30)14-9-10-14)31-12-15-11-18(29)28-22(24-15)26-20(27-28)13-5-2-1-3-6-13/h1-8,11,14H,9-10,12H2,(H,25,30)(H,24,26,27). The van der Waals surface area contributed by atoms with Crippen molar-refractivity contribution in [3.05, 3.63) is 75.7 Å². The first kappa shape index (κ1) is 19.3. The number of hydrogen-bond acceptors (Lipinski definition) is 5. The maximum atomic E-state index is 12.5. The van der Waals surface area contributed by atoms with E-state index in [4.69, 9.17) is 16.3 Å². The van der Waals surface area contributed by atoms with Gasteiger partial charge in [0.1, 0.15) is 18.0 Å². The molecule has 0 spiro atoms. The molecule has 0 aliphatic heterocycles. The Kier molecular flexibility index (Phi) is 4.91. The topological polar surface area (TPSA) is 101 Å². The number of hydrogen-bond donors (Lipinski definition) is 2. The lowest BCUT2D eigenvalue weighted by molar-refractivity contribution is -0.117. The number of amides is 1. The lowest BCUT2D eigenvalue weighted by Gasteiger charge is -2.14. The molecular formula is C22H18ClN5O3. The van der Waals surface area contributed by atoms with Crippen molar-refractivity contribution in [2.45, 2.75) is 19.4 Å². The number of ether oxygens (including phenoxy) is 1. The number of carbonyl (C=O) groups excluding carboxylic acids is 1. The number of nitrogens with one attached hydrogen (secondary N) is 2. The van der Waals surface area contributed by atoms with Crippen LogP contribution in [0.5, 0.6) is 5.75 Å². The van der Waals surface area contributed by atoms with Gasteiger partial charge in [-0.2, -0.15) is 9.50 Å². The third kappa shape index (κ3) is 4.02. The number of para-hydroxylation sites is 1. The molecule has 0 unspecified atom stereocenters. The second-order valence-corrected chi connectivity index (χ2v) is 7.74. The van der Waals surface area contributed by atoms with Crippen molar-refractivity contribution >= 4 is 29.0 Å². The van der Waals surface area contributed by atoms with Crippen molar-refractivity contribution in [1.29, 1.82) is 0 Å².